The molecule has 1 atom stereocenters. The maximum absolute atomic E-state index is 11.2. The summed E-state index contributed by atoms with van der Waals surface area (Å²) in [6.45, 7) is 2.01. The summed E-state index contributed by atoms with van der Waals surface area (Å²) in [5, 5.41) is 9.27. The Morgan fingerprint density at radius 2 is 2.24 bits per heavy atom. The van der Waals surface area contributed by atoms with Crippen LogP contribution in [0.25, 0.3) is 0 Å². The van der Waals surface area contributed by atoms with Gasteiger partial charge in [-0.2, -0.15) is 5.26 Å². The van der Waals surface area contributed by atoms with Crippen molar-refractivity contribution >= 4 is 11.1 Å². The molecule has 2 aliphatic carbocycles. The summed E-state index contributed by atoms with van der Waals surface area (Å²) in [7, 11) is 0. The van der Waals surface area contributed by atoms with Gasteiger partial charge in [0.2, 0.25) is 0 Å². The fraction of sp³-hybridized carbons (Fsp3) is 0.769. The number of nitrogens with zero attached hydrogens (tertiary/aromatic N) is 1. The summed E-state index contributed by atoms with van der Waals surface area (Å²) >= 11 is -1.84. The van der Waals surface area contributed by atoms with E-state index in [0.29, 0.717) is 11.3 Å². The van der Waals surface area contributed by atoms with Crippen LogP contribution in [0.4, 0.5) is 0 Å². The Balaban J connectivity index is 2.05. The number of allylic oxidation sites excluding steroid dienone is 2. The molecule has 0 saturated heterocycles. The van der Waals surface area contributed by atoms with Gasteiger partial charge in [0.1, 0.15) is 0 Å². The first-order valence-corrected chi connectivity index (χ1v) is 7.44. The lowest BCUT2D eigenvalue weighted by Gasteiger charge is -2.39. The molecule has 0 aliphatic heterocycles. The van der Waals surface area contributed by atoms with Crippen LogP contribution < -0.4 is 0 Å². The average molecular weight is 253 g/mol. The van der Waals surface area contributed by atoms with Crippen LogP contribution in [0, 0.1) is 22.7 Å². The van der Waals surface area contributed by atoms with Gasteiger partial charge in [0.05, 0.1) is 11.5 Å². The van der Waals surface area contributed by atoms with Crippen LogP contribution in [0.5, 0.6) is 0 Å². The van der Waals surface area contributed by atoms with Crippen LogP contribution in [0.3, 0.4) is 0 Å². The van der Waals surface area contributed by atoms with E-state index in [1.165, 1.54) is 12.8 Å². The summed E-state index contributed by atoms with van der Waals surface area (Å²) in [5.74, 6) is 0.741. The maximum atomic E-state index is 11.2. The molecule has 3 nitrogen and oxygen atoms in total. The quantitative estimate of drug-likeness (QED) is 0.764. The molecule has 0 heterocycles. The van der Waals surface area contributed by atoms with Gasteiger partial charge < -0.3 is 4.55 Å². The molecule has 0 aromatic rings. The van der Waals surface area contributed by atoms with Gasteiger partial charge in [-0.05, 0) is 31.6 Å². The molecule has 0 bridgehead atoms. The van der Waals surface area contributed by atoms with E-state index in [0.717, 1.165) is 37.2 Å². The molecule has 0 aromatic heterocycles. The second-order valence-electron chi connectivity index (χ2n) is 5.42. The smallest absolute Gasteiger partial charge is 0.182 e. The largest absolute Gasteiger partial charge is 0.302 e. The molecule has 1 N–H and O–H groups in total. The molecular weight excluding hydrogens is 234 g/mol. The van der Waals surface area contributed by atoms with Crippen molar-refractivity contribution in [3.8, 4) is 6.07 Å². The van der Waals surface area contributed by atoms with E-state index in [-0.39, 0.29) is 5.41 Å². The monoisotopic (exact) mass is 253 g/mol. The molecule has 0 aromatic carbocycles. The van der Waals surface area contributed by atoms with E-state index < -0.39 is 11.1 Å². The number of hydrogen-bond acceptors (Lipinski definition) is 2. The first kappa shape index (κ1) is 12.8. The molecule has 2 rings (SSSR count). The maximum Gasteiger partial charge on any atom is 0.182 e. The van der Waals surface area contributed by atoms with Crippen LogP contribution in [0.15, 0.2) is 10.5 Å². The molecule has 4 heteroatoms. The first-order valence-electron chi connectivity index (χ1n) is 6.33. The van der Waals surface area contributed by atoms with Gasteiger partial charge in [-0.1, -0.05) is 31.8 Å². The van der Waals surface area contributed by atoms with Crippen LogP contribution in [0.1, 0.15) is 51.9 Å². The molecule has 2 saturated carbocycles. The van der Waals surface area contributed by atoms with E-state index in [9.17, 15) is 14.0 Å². The highest BCUT2D eigenvalue weighted by atomic mass is 32.2. The Hall–Kier alpha value is -0.660. The highest BCUT2D eigenvalue weighted by Gasteiger charge is 2.46. The molecule has 2 aliphatic rings. The lowest BCUT2D eigenvalue weighted by atomic mass is 9.63. The Morgan fingerprint density at radius 3 is 2.65 bits per heavy atom. The minimum Gasteiger partial charge on any atom is -0.302 e. The zero-order chi connectivity index (χ0) is 12.5. The van der Waals surface area contributed by atoms with E-state index in [1.54, 1.807) is 0 Å². The Bertz CT molecular complexity index is 396. The molecule has 17 heavy (non-hydrogen) atoms. The molecular formula is C13H19NO2S. The van der Waals surface area contributed by atoms with Crippen molar-refractivity contribution in [1.29, 1.82) is 5.26 Å². The highest BCUT2D eigenvalue weighted by Crippen LogP contribution is 2.54. The molecule has 1 unspecified atom stereocenters. The predicted octanol–water partition coefficient (Wildman–Crippen LogP) is 3.37. The number of rotatable bonds is 5. The summed E-state index contributed by atoms with van der Waals surface area (Å²) in [5.41, 5.74) is 0.851. The molecule has 0 amide bonds. The lowest BCUT2D eigenvalue weighted by Crippen LogP contribution is -2.32. The third-order valence-electron chi connectivity index (χ3n) is 3.80. The van der Waals surface area contributed by atoms with Crippen molar-refractivity contribution in [3.63, 3.8) is 0 Å². The van der Waals surface area contributed by atoms with Gasteiger partial charge in [0, 0.05) is 4.91 Å². The van der Waals surface area contributed by atoms with Crippen LogP contribution in [-0.4, -0.2) is 8.76 Å². The fourth-order valence-electron chi connectivity index (χ4n) is 2.72. The third-order valence-corrected chi connectivity index (χ3v) is 4.71. The lowest BCUT2D eigenvalue weighted by molar-refractivity contribution is 0.259. The molecule has 0 spiro atoms. The van der Waals surface area contributed by atoms with Crippen molar-refractivity contribution in [2.24, 2.45) is 11.3 Å². The average Bonchev–Trinajstić information content (AvgIpc) is 3.03. The standard InChI is InChI=1S/C13H19NO2S/c1-2-3-12(17(15)16)11-7-13(8-11,9-14)6-10-4-5-10/h10H,2-8H2,1H3,(H,15,16). The SMILES string of the molecule is CCCC(=C1CC(C#N)(CC2CC2)C1)S(=O)O. The van der Waals surface area contributed by atoms with Gasteiger partial charge in [-0.25, -0.2) is 4.21 Å². The first-order chi connectivity index (χ1) is 8.10. The number of hydrogen-bond donors (Lipinski definition) is 1. The second kappa shape index (κ2) is 4.91. The van der Waals surface area contributed by atoms with E-state index in [1.807, 2.05) is 6.92 Å². The fourth-order valence-corrected chi connectivity index (χ4v) is 3.49. The second-order valence-corrected chi connectivity index (χ2v) is 6.41. The zero-order valence-electron chi connectivity index (χ0n) is 10.2. The minimum atomic E-state index is -1.84. The summed E-state index contributed by atoms with van der Waals surface area (Å²) < 4.78 is 20.5. The minimum absolute atomic E-state index is 0.213. The molecule has 0 radical (unpaired) electrons. The van der Waals surface area contributed by atoms with Gasteiger partial charge in [0.25, 0.3) is 0 Å². The Labute approximate surface area is 105 Å². The van der Waals surface area contributed by atoms with Gasteiger partial charge in [-0.3, -0.25) is 0 Å². The van der Waals surface area contributed by atoms with E-state index in [2.05, 4.69) is 6.07 Å². The summed E-state index contributed by atoms with van der Waals surface area (Å²) in [6.07, 6.45) is 6.52. The Kier molecular flexibility index (Phi) is 3.70. The van der Waals surface area contributed by atoms with Crippen molar-refractivity contribution in [2.45, 2.75) is 51.9 Å². The Morgan fingerprint density at radius 1 is 1.59 bits per heavy atom. The van der Waals surface area contributed by atoms with Crippen LogP contribution >= 0.6 is 0 Å². The number of nitriles is 1. The van der Waals surface area contributed by atoms with E-state index >= 15 is 0 Å². The normalized spacial score (nSPS) is 29.4. The molecule has 94 valence electrons. The molecule has 2 fully saturated rings. The topological polar surface area (TPSA) is 61.1 Å². The van der Waals surface area contributed by atoms with Crippen molar-refractivity contribution < 1.29 is 8.76 Å². The summed E-state index contributed by atoms with van der Waals surface area (Å²) in [6, 6.07) is 2.44. The van der Waals surface area contributed by atoms with Crippen LogP contribution in [0.2, 0.25) is 0 Å². The van der Waals surface area contributed by atoms with Crippen LogP contribution in [-0.2, 0) is 11.1 Å². The third kappa shape index (κ3) is 2.78. The predicted molar refractivity (Wildman–Crippen MR) is 67.3 cm³/mol. The van der Waals surface area contributed by atoms with Gasteiger partial charge >= 0.3 is 0 Å². The van der Waals surface area contributed by atoms with Gasteiger partial charge in [0.15, 0.2) is 11.1 Å². The zero-order valence-corrected chi connectivity index (χ0v) is 11.1. The van der Waals surface area contributed by atoms with Gasteiger partial charge in [-0.15, -0.1) is 0 Å². The van der Waals surface area contributed by atoms with Crippen molar-refractivity contribution in [2.75, 3.05) is 0 Å². The highest BCUT2D eigenvalue weighted by molar-refractivity contribution is 7.83. The van der Waals surface area contributed by atoms with E-state index in [4.69, 9.17) is 0 Å². The summed E-state index contributed by atoms with van der Waals surface area (Å²) in [4.78, 5) is 0.675. The van der Waals surface area contributed by atoms with Crippen molar-refractivity contribution in [1.82, 2.24) is 0 Å². The van der Waals surface area contributed by atoms with Crippen molar-refractivity contribution in [3.05, 3.63) is 10.5 Å².